The van der Waals surface area contributed by atoms with Crippen LogP contribution in [-0.2, 0) is 0 Å². The van der Waals surface area contributed by atoms with Crippen LogP contribution < -0.4 is 10.2 Å². The molecule has 1 aromatic heterocycles. The first kappa shape index (κ1) is 14.7. The van der Waals surface area contributed by atoms with Gasteiger partial charge in [0.25, 0.3) is 0 Å². The number of hydrogen-bond acceptors (Lipinski definition) is 4. The fourth-order valence-corrected chi connectivity index (χ4v) is 3.54. The number of nitrogens with zero attached hydrogens (tertiary/aromatic N) is 3. The normalized spacial score (nSPS) is 19.4. The van der Waals surface area contributed by atoms with Crippen molar-refractivity contribution >= 4 is 32.7 Å². The third kappa shape index (κ3) is 3.19. The lowest BCUT2D eigenvalue weighted by atomic mass is 10.0. The number of piperidine rings is 1. The van der Waals surface area contributed by atoms with Crippen LogP contribution in [0.25, 0.3) is 10.9 Å². The van der Waals surface area contributed by atoms with Crippen LogP contribution in [0.3, 0.4) is 0 Å². The van der Waals surface area contributed by atoms with E-state index >= 15 is 0 Å². The van der Waals surface area contributed by atoms with Crippen LogP contribution in [0.2, 0.25) is 0 Å². The minimum absolute atomic E-state index is 0.520. The van der Waals surface area contributed by atoms with Crippen molar-refractivity contribution in [2.75, 3.05) is 18.0 Å². The van der Waals surface area contributed by atoms with Gasteiger partial charge >= 0.3 is 0 Å². The summed E-state index contributed by atoms with van der Waals surface area (Å²) in [5.41, 5.74) is 0.987. The van der Waals surface area contributed by atoms with Crippen molar-refractivity contribution in [3.8, 4) is 0 Å². The molecule has 0 bridgehead atoms. The molecule has 112 valence electrons. The molecule has 2 aromatic rings. The molecule has 3 rings (SSSR count). The monoisotopic (exact) mass is 348 g/mol. The third-order valence-corrected chi connectivity index (χ3v) is 4.52. The predicted molar refractivity (Wildman–Crippen MR) is 90.7 cm³/mol. The minimum Gasteiger partial charge on any atom is -0.354 e. The highest BCUT2D eigenvalue weighted by atomic mass is 79.9. The summed E-state index contributed by atoms with van der Waals surface area (Å²) in [6.07, 6.45) is 4.10. The molecule has 0 unspecified atom stereocenters. The van der Waals surface area contributed by atoms with Gasteiger partial charge in [0.05, 0.1) is 5.52 Å². The van der Waals surface area contributed by atoms with E-state index in [-0.39, 0.29) is 0 Å². The zero-order chi connectivity index (χ0) is 14.8. The maximum Gasteiger partial charge on any atom is 0.139 e. The van der Waals surface area contributed by atoms with Crippen molar-refractivity contribution in [3.63, 3.8) is 0 Å². The zero-order valence-electron chi connectivity index (χ0n) is 12.5. The molecule has 1 atom stereocenters. The molecular weight excluding hydrogens is 328 g/mol. The van der Waals surface area contributed by atoms with Gasteiger partial charge < -0.3 is 10.2 Å². The van der Waals surface area contributed by atoms with E-state index in [4.69, 9.17) is 0 Å². The predicted octanol–water partition coefficient (Wildman–Crippen LogP) is 3.36. The second kappa shape index (κ2) is 6.28. The summed E-state index contributed by atoms with van der Waals surface area (Å²) in [6.45, 7) is 6.48. The number of anilines is 1. The summed E-state index contributed by atoms with van der Waals surface area (Å²) < 4.78 is 1.03. The van der Waals surface area contributed by atoms with Gasteiger partial charge in [-0.15, -0.1) is 0 Å². The molecule has 21 heavy (non-hydrogen) atoms. The molecule has 1 fully saturated rings. The van der Waals surface area contributed by atoms with Gasteiger partial charge in [-0.3, -0.25) is 0 Å². The standard InChI is InChI=1S/C16H21BrN4/c1-11(2)20-12-5-4-8-21(9-12)16-13-6-3-7-14(17)15(13)18-10-19-16/h3,6-7,10-12,20H,4-5,8-9H2,1-2H3/t12-/m0/s1. The fraction of sp³-hybridized carbons (Fsp3) is 0.500. The Balaban J connectivity index is 1.91. The van der Waals surface area contributed by atoms with Crippen LogP contribution in [0, 0.1) is 0 Å². The van der Waals surface area contributed by atoms with Crippen LogP contribution in [0.15, 0.2) is 29.0 Å². The first-order chi connectivity index (χ1) is 10.1. The van der Waals surface area contributed by atoms with Crippen molar-refractivity contribution in [2.24, 2.45) is 0 Å². The molecule has 1 aliphatic rings. The van der Waals surface area contributed by atoms with Crippen LogP contribution in [0.5, 0.6) is 0 Å². The number of fused-ring (bicyclic) bond motifs is 1. The van der Waals surface area contributed by atoms with Gasteiger partial charge in [0, 0.05) is 35.0 Å². The lowest BCUT2D eigenvalue weighted by Crippen LogP contribution is -2.48. The van der Waals surface area contributed by atoms with Crippen molar-refractivity contribution < 1.29 is 0 Å². The van der Waals surface area contributed by atoms with Crippen molar-refractivity contribution in [3.05, 3.63) is 29.0 Å². The van der Waals surface area contributed by atoms with E-state index < -0.39 is 0 Å². The topological polar surface area (TPSA) is 41.0 Å². The van der Waals surface area contributed by atoms with Crippen molar-refractivity contribution in [1.29, 1.82) is 0 Å². The first-order valence-corrected chi connectivity index (χ1v) is 8.34. The Labute approximate surface area is 134 Å². The highest BCUT2D eigenvalue weighted by Gasteiger charge is 2.22. The molecule has 1 aliphatic heterocycles. The Hall–Kier alpha value is -1.20. The zero-order valence-corrected chi connectivity index (χ0v) is 14.1. The molecule has 1 saturated heterocycles. The first-order valence-electron chi connectivity index (χ1n) is 7.55. The van der Waals surface area contributed by atoms with Gasteiger partial charge in [0.2, 0.25) is 0 Å². The Morgan fingerprint density at radius 1 is 1.33 bits per heavy atom. The summed E-state index contributed by atoms with van der Waals surface area (Å²) in [5, 5.41) is 4.77. The number of hydrogen-bond donors (Lipinski definition) is 1. The van der Waals surface area contributed by atoms with E-state index in [9.17, 15) is 0 Å². The SMILES string of the molecule is CC(C)N[C@H]1CCCN(c2ncnc3c(Br)cccc23)C1. The smallest absolute Gasteiger partial charge is 0.139 e. The molecule has 2 heterocycles. The molecular formula is C16H21BrN4. The largest absolute Gasteiger partial charge is 0.354 e. The average molecular weight is 349 g/mol. The maximum atomic E-state index is 4.55. The van der Waals surface area contributed by atoms with Crippen molar-refractivity contribution in [1.82, 2.24) is 15.3 Å². The second-order valence-corrected chi connectivity index (χ2v) is 6.79. The second-order valence-electron chi connectivity index (χ2n) is 5.94. The number of halogens is 1. The number of aromatic nitrogens is 2. The molecule has 4 nitrogen and oxygen atoms in total. The Morgan fingerprint density at radius 3 is 3.00 bits per heavy atom. The highest BCUT2D eigenvalue weighted by Crippen LogP contribution is 2.29. The van der Waals surface area contributed by atoms with E-state index in [1.165, 1.54) is 12.8 Å². The quantitative estimate of drug-likeness (QED) is 0.923. The lowest BCUT2D eigenvalue weighted by molar-refractivity contribution is 0.394. The minimum atomic E-state index is 0.520. The average Bonchev–Trinajstić information content (AvgIpc) is 2.47. The van der Waals surface area contributed by atoms with Crippen LogP contribution >= 0.6 is 15.9 Å². The lowest BCUT2D eigenvalue weighted by Gasteiger charge is -2.35. The van der Waals surface area contributed by atoms with E-state index in [1.54, 1.807) is 6.33 Å². The number of nitrogens with one attached hydrogen (secondary N) is 1. The van der Waals surface area contributed by atoms with E-state index in [2.05, 4.69) is 56.0 Å². The van der Waals surface area contributed by atoms with E-state index in [0.29, 0.717) is 12.1 Å². The molecule has 5 heteroatoms. The Kier molecular flexibility index (Phi) is 4.40. The molecule has 0 aliphatic carbocycles. The third-order valence-electron chi connectivity index (χ3n) is 3.88. The van der Waals surface area contributed by atoms with E-state index in [0.717, 1.165) is 34.3 Å². The van der Waals surface area contributed by atoms with Crippen LogP contribution in [-0.4, -0.2) is 35.1 Å². The van der Waals surface area contributed by atoms with Crippen LogP contribution in [0.4, 0.5) is 5.82 Å². The molecule has 0 amide bonds. The Morgan fingerprint density at radius 2 is 2.19 bits per heavy atom. The van der Waals surface area contributed by atoms with Gasteiger partial charge in [-0.05, 0) is 40.9 Å². The van der Waals surface area contributed by atoms with Crippen molar-refractivity contribution in [2.45, 2.75) is 38.8 Å². The number of rotatable bonds is 3. The van der Waals surface area contributed by atoms with E-state index in [1.807, 2.05) is 12.1 Å². The molecule has 0 saturated carbocycles. The Bertz CT molecular complexity index is 629. The molecule has 1 N–H and O–H groups in total. The summed E-state index contributed by atoms with van der Waals surface area (Å²) >= 11 is 3.58. The summed E-state index contributed by atoms with van der Waals surface area (Å²) in [5.74, 6) is 1.05. The molecule has 1 aromatic carbocycles. The maximum absolute atomic E-state index is 4.55. The van der Waals surface area contributed by atoms with Gasteiger partial charge in [0.1, 0.15) is 12.1 Å². The number of benzene rings is 1. The number of para-hydroxylation sites is 1. The summed E-state index contributed by atoms with van der Waals surface area (Å²) in [4.78, 5) is 11.3. The van der Waals surface area contributed by atoms with Gasteiger partial charge in [0.15, 0.2) is 0 Å². The molecule has 0 radical (unpaired) electrons. The molecule has 0 spiro atoms. The summed E-state index contributed by atoms with van der Waals surface area (Å²) in [6, 6.07) is 7.24. The summed E-state index contributed by atoms with van der Waals surface area (Å²) in [7, 11) is 0. The van der Waals surface area contributed by atoms with Gasteiger partial charge in [-0.1, -0.05) is 19.9 Å². The highest BCUT2D eigenvalue weighted by molar-refractivity contribution is 9.10. The van der Waals surface area contributed by atoms with Gasteiger partial charge in [-0.25, -0.2) is 9.97 Å². The van der Waals surface area contributed by atoms with Gasteiger partial charge in [-0.2, -0.15) is 0 Å². The van der Waals surface area contributed by atoms with Crippen LogP contribution in [0.1, 0.15) is 26.7 Å². The fourth-order valence-electron chi connectivity index (χ4n) is 3.07.